The smallest absolute Gasteiger partial charge is 0.228 e. The van der Waals surface area contributed by atoms with Crippen LogP contribution < -0.4 is 10.6 Å². The summed E-state index contributed by atoms with van der Waals surface area (Å²) in [5.74, 6) is -0.732. The first-order valence-electron chi connectivity index (χ1n) is 8.38. The van der Waals surface area contributed by atoms with Crippen molar-refractivity contribution in [1.29, 1.82) is 0 Å². The summed E-state index contributed by atoms with van der Waals surface area (Å²) in [6, 6.07) is 15.1. The minimum absolute atomic E-state index is 0.0701. The SMILES string of the molecule is Cc1ccc(Cl)cc1NC(=O)C1CC1C(=O)NC(C)c1ccccc1. The van der Waals surface area contributed by atoms with Crippen molar-refractivity contribution < 1.29 is 9.59 Å². The van der Waals surface area contributed by atoms with E-state index >= 15 is 0 Å². The van der Waals surface area contributed by atoms with E-state index in [1.807, 2.05) is 50.2 Å². The fourth-order valence-corrected chi connectivity index (χ4v) is 3.05. The molecule has 1 saturated carbocycles. The van der Waals surface area contributed by atoms with Gasteiger partial charge in [0.05, 0.1) is 17.9 Å². The monoisotopic (exact) mass is 356 g/mol. The first kappa shape index (κ1) is 17.5. The van der Waals surface area contributed by atoms with Crippen LogP contribution in [-0.4, -0.2) is 11.8 Å². The lowest BCUT2D eigenvalue weighted by Crippen LogP contribution is -2.29. The topological polar surface area (TPSA) is 58.2 Å². The number of amides is 2. The molecule has 0 aliphatic heterocycles. The fraction of sp³-hybridized carbons (Fsp3) is 0.300. The Hall–Kier alpha value is -2.33. The van der Waals surface area contributed by atoms with E-state index in [-0.39, 0.29) is 29.7 Å². The van der Waals surface area contributed by atoms with Crippen LogP contribution in [0, 0.1) is 18.8 Å². The summed E-state index contributed by atoms with van der Waals surface area (Å²) in [6.45, 7) is 3.85. The predicted molar refractivity (Wildman–Crippen MR) is 99.4 cm³/mol. The van der Waals surface area contributed by atoms with Crippen molar-refractivity contribution in [2.75, 3.05) is 5.32 Å². The first-order valence-corrected chi connectivity index (χ1v) is 8.76. The zero-order valence-corrected chi connectivity index (χ0v) is 15.0. The third-order valence-electron chi connectivity index (χ3n) is 4.58. The maximum Gasteiger partial charge on any atom is 0.228 e. The van der Waals surface area contributed by atoms with Crippen LogP contribution in [0.5, 0.6) is 0 Å². The van der Waals surface area contributed by atoms with Gasteiger partial charge in [-0.3, -0.25) is 9.59 Å². The molecule has 0 radical (unpaired) electrons. The maximum absolute atomic E-state index is 12.4. The molecule has 0 bridgehead atoms. The number of aryl methyl sites for hydroxylation is 1. The molecule has 2 N–H and O–H groups in total. The summed E-state index contributed by atoms with van der Waals surface area (Å²) < 4.78 is 0. The Morgan fingerprint density at radius 1 is 1.08 bits per heavy atom. The van der Waals surface area contributed by atoms with Gasteiger partial charge < -0.3 is 10.6 Å². The first-order chi connectivity index (χ1) is 12.0. The Bertz CT molecular complexity index is 792. The van der Waals surface area contributed by atoms with Crippen molar-refractivity contribution in [3.05, 3.63) is 64.7 Å². The Morgan fingerprint density at radius 2 is 1.76 bits per heavy atom. The van der Waals surface area contributed by atoms with Crippen molar-refractivity contribution in [1.82, 2.24) is 5.32 Å². The molecule has 0 spiro atoms. The van der Waals surface area contributed by atoms with E-state index in [1.165, 1.54) is 0 Å². The highest BCUT2D eigenvalue weighted by molar-refractivity contribution is 6.31. The van der Waals surface area contributed by atoms with E-state index in [2.05, 4.69) is 10.6 Å². The van der Waals surface area contributed by atoms with Crippen LogP contribution in [0.15, 0.2) is 48.5 Å². The minimum Gasteiger partial charge on any atom is -0.349 e. The lowest BCUT2D eigenvalue weighted by Gasteiger charge is -2.14. The average Bonchev–Trinajstić information content (AvgIpc) is 3.40. The van der Waals surface area contributed by atoms with Crippen molar-refractivity contribution in [2.24, 2.45) is 11.8 Å². The molecular formula is C20H21ClN2O2. The summed E-state index contributed by atoms with van der Waals surface area (Å²) in [5.41, 5.74) is 2.69. The van der Waals surface area contributed by atoms with Crippen molar-refractivity contribution in [3.8, 4) is 0 Å². The van der Waals surface area contributed by atoms with Gasteiger partial charge in [0.25, 0.3) is 0 Å². The number of hydrogen-bond acceptors (Lipinski definition) is 2. The molecule has 2 aromatic carbocycles. The van der Waals surface area contributed by atoms with Crippen LogP contribution in [0.3, 0.4) is 0 Å². The van der Waals surface area contributed by atoms with Gasteiger partial charge in [0.1, 0.15) is 0 Å². The minimum atomic E-state index is -0.277. The molecule has 4 nitrogen and oxygen atoms in total. The molecule has 0 aromatic heterocycles. The van der Waals surface area contributed by atoms with Crippen LogP contribution in [-0.2, 0) is 9.59 Å². The van der Waals surface area contributed by atoms with Gasteiger partial charge in [0.2, 0.25) is 11.8 Å². The van der Waals surface area contributed by atoms with Gasteiger partial charge in [-0.25, -0.2) is 0 Å². The van der Waals surface area contributed by atoms with E-state index in [4.69, 9.17) is 11.6 Å². The molecule has 25 heavy (non-hydrogen) atoms. The number of carbonyl (C=O) groups excluding carboxylic acids is 2. The third-order valence-corrected chi connectivity index (χ3v) is 4.81. The molecule has 3 rings (SSSR count). The maximum atomic E-state index is 12.4. The molecule has 2 aromatic rings. The Labute approximate surface area is 152 Å². The highest BCUT2D eigenvalue weighted by Gasteiger charge is 2.48. The Kier molecular flexibility index (Phi) is 5.09. The predicted octanol–water partition coefficient (Wildman–Crippen LogP) is 4.10. The van der Waals surface area contributed by atoms with Gasteiger partial charge in [-0.05, 0) is 43.5 Å². The molecule has 3 atom stereocenters. The zero-order valence-electron chi connectivity index (χ0n) is 14.3. The van der Waals surface area contributed by atoms with Crippen LogP contribution in [0.4, 0.5) is 5.69 Å². The van der Waals surface area contributed by atoms with Gasteiger partial charge in [0.15, 0.2) is 0 Å². The van der Waals surface area contributed by atoms with Gasteiger partial charge >= 0.3 is 0 Å². The molecule has 2 amide bonds. The van der Waals surface area contributed by atoms with Gasteiger partial charge in [-0.15, -0.1) is 0 Å². The van der Waals surface area contributed by atoms with Crippen LogP contribution in [0.1, 0.15) is 30.5 Å². The molecule has 0 heterocycles. The summed E-state index contributed by atoms with van der Waals surface area (Å²) in [5, 5.41) is 6.44. The third kappa shape index (κ3) is 4.20. The molecule has 5 heteroatoms. The number of carbonyl (C=O) groups is 2. The highest BCUT2D eigenvalue weighted by atomic mass is 35.5. The molecule has 1 aliphatic carbocycles. The Morgan fingerprint density at radius 3 is 2.48 bits per heavy atom. The standard InChI is InChI=1S/C20H21ClN2O2/c1-12-8-9-15(21)10-18(12)23-20(25)17-11-16(17)19(24)22-13(2)14-6-4-3-5-7-14/h3-10,13,16-17H,11H2,1-2H3,(H,22,24)(H,23,25). The number of nitrogens with one attached hydrogen (secondary N) is 2. The number of halogens is 1. The van der Waals surface area contributed by atoms with Crippen molar-refractivity contribution in [3.63, 3.8) is 0 Å². The van der Waals surface area contributed by atoms with Crippen molar-refractivity contribution in [2.45, 2.75) is 26.3 Å². The Balaban J connectivity index is 1.55. The molecule has 3 unspecified atom stereocenters. The van der Waals surface area contributed by atoms with Crippen molar-refractivity contribution >= 4 is 29.1 Å². The van der Waals surface area contributed by atoms with E-state index < -0.39 is 0 Å². The normalized spacial score (nSPS) is 19.8. The highest BCUT2D eigenvalue weighted by Crippen LogP contribution is 2.40. The average molecular weight is 357 g/mol. The molecule has 0 saturated heterocycles. The lowest BCUT2D eigenvalue weighted by atomic mass is 10.1. The largest absolute Gasteiger partial charge is 0.349 e. The second-order valence-electron chi connectivity index (χ2n) is 6.54. The number of anilines is 1. The number of rotatable bonds is 5. The summed E-state index contributed by atoms with van der Waals surface area (Å²) in [7, 11) is 0. The second kappa shape index (κ2) is 7.28. The lowest BCUT2D eigenvalue weighted by molar-refractivity contribution is -0.125. The van der Waals surface area contributed by atoms with Crippen LogP contribution in [0.2, 0.25) is 5.02 Å². The summed E-state index contributed by atoms with van der Waals surface area (Å²) in [6.07, 6.45) is 0.582. The van der Waals surface area contributed by atoms with E-state index in [0.29, 0.717) is 17.1 Å². The molecule has 1 aliphatic rings. The fourth-order valence-electron chi connectivity index (χ4n) is 2.87. The van der Waals surface area contributed by atoms with Crippen LogP contribution in [0.25, 0.3) is 0 Å². The molecular weight excluding hydrogens is 336 g/mol. The molecule has 130 valence electrons. The van der Waals surface area contributed by atoms with Gasteiger partial charge in [-0.2, -0.15) is 0 Å². The number of hydrogen-bond donors (Lipinski definition) is 2. The van der Waals surface area contributed by atoms with E-state index in [1.54, 1.807) is 12.1 Å². The molecule has 1 fully saturated rings. The summed E-state index contributed by atoms with van der Waals surface area (Å²) in [4.78, 5) is 24.7. The van der Waals surface area contributed by atoms with Gasteiger partial charge in [-0.1, -0.05) is 48.0 Å². The van der Waals surface area contributed by atoms with E-state index in [9.17, 15) is 9.59 Å². The van der Waals surface area contributed by atoms with Gasteiger partial charge in [0, 0.05) is 10.7 Å². The number of benzene rings is 2. The zero-order chi connectivity index (χ0) is 18.0. The van der Waals surface area contributed by atoms with Crippen LogP contribution >= 0.6 is 11.6 Å². The summed E-state index contributed by atoms with van der Waals surface area (Å²) >= 11 is 5.97. The quantitative estimate of drug-likeness (QED) is 0.847. The second-order valence-corrected chi connectivity index (χ2v) is 6.97. The van der Waals surface area contributed by atoms with E-state index in [0.717, 1.165) is 11.1 Å².